The van der Waals surface area contributed by atoms with Crippen molar-refractivity contribution in [1.82, 2.24) is 10.2 Å². The average Bonchev–Trinajstić information content (AvgIpc) is 2.59. The van der Waals surface area contributed by atoms with Crippen molar-refractivity contribution in [3.63, 3.8) is 0 Å². The van der Waals surface area contributed by atoms with Crippen LogP contribution in [0.4, 0.5) is 9.59 Å². The Hall–Kier alpha value is -2.75. The summed E-state index contributed by atoms with van der Waals surface area (Å²) in [6.45, 7) is 6.14. The minimum absolute atomic E-state index is 0.187. The van der Waals surface area contributed by atoms with Crippen molar-refractivity contribution in [1.29, 1.82) is 5.26 Å². The number of hydrogen-bond donors (Lipinski definition) is 1. The average molecular weight is 359 g/mol. The molecule has 0 saturated carbocycles. The van der Waals surface area contributed by atoms with Gasteiger partial charge >= 0.3 is 12.2 Å². The van der Waals surface area contributed by atoms with Crippen LogP contribution in [0.5, 0.6) is 0 Å². The van der Waals surface area contributed by atoms with Crippen molar-refractivity contribution < 1.29 is 19.1 Å². The van der Waals surface area contributed by atoms with E-state index in [0.717, 1.165) is 5.56 Å². The van der Waals surface area contributed by atoms with Gasteiger partial charge in [-0.3, -0.25) is 0 Å². The maximum absolute atomic E-state index is 12.2. The lowest BCUT2D eigenvalue weighted by atomic mass is 9.94. The first-order chi connectivity index (χ1) is 12.3. The van der Waals surface area contributed by atoms with Crippen LogP contribution in [0, 0.1) is 17.2 Å². The van der Waals surface area contributed by atoms with E-state index in [1.165, 1.54) is 4.90 Å². The Morgan fingerprint density at radius 2 is 2.00 bits per heavy atom. The zero-order chi connectivity index (χ0) is 19.2. The number of rotatable bonds is 3. The standard InChI is InChI=1S/C19H25N3O4/c1-19(2,3)26-17(23)21-16-9-10-22(12-15(16)11-20)18(24)25-13-14-7-5-4-6-8-14/h4-8,15-16H,9-10,12-13H2,1-3H3,(H,21,23). The predicted molar refractivity (Wildman–Crippen MR) is 95.1 cm³/mol. The molecule has 140 valence electrons. The number of nitrogens with zero attached hydrogens (tertiary/aromatic N) is 2. The Bertz CT molecular complexity index is 664. The van der Waals surface area contributed by atoms with Crippen molar-refractivity contribution in [2.45, 2.75) is 45.4 Å². The summed E-state index contributed by atoms with van der Waals surface area (Å²) in [4.78, 5) is 25.7. The van der Waals surface area contributed by atoms with Gasteiger partial charge in [-0.05, 0) is 32.8 Å². The van der Waals surface area contributed by atoms with Crippen molar-refractivity contribution in [3.8, 4) is 6.07 Å². The van der Waals surface area contributed by atoms with Crippen molar-refractivity contribution in [3.05, 3.63) is 35.9 Å². The predicted octanol–water partition coefficient (Wildman–Crippen LogP) is 3.06. The van der Waals surface area contributed by atoms with Crippen molar-refractivity contribution in [2.75, 3.05) is 13.1 Å². The van der Waals surface area contributed by atoms with Crippen LogP contribution >= 0.6 is 0 Å². The van der Waals surface area contributed by atoms with E-state index in [2.05, 4.69) is 11.4 Å². The van der Waals surface area contributed by atoms with Crippen LogP contribution in [0.3, 0.4) is 0 Å². The first kappa shape index (κ1) is 19.6. The van der Waals surface area contributed by atoms with Gasteiger partial charge in [0.15, 0.2) is 0 Å². The molecule has 2 atom stereocenters. The number of ether oxygens (including phenoxy) is 2. The van der Waals surface area contributed by atoms with Crippen LogP contribution in [-0.2, 0) is 16.1 Å². The van der Waals surface area contributed by atoms with Gasteiger partial charge in [-0.1, -0.05) is 30.3 Å². The summed E-state index contributed by atoms with van der Waals surface area (Å²) in [7, 11) is 0. The summed E-state index contributed by atoms with van der Waals surface area (Å²) in [6.07, 6.45) is -0.537. The van der Waals surface area contributed by atoms with Gasteiger partial charge in [-0.2, -0.15) is 5.26 Å². The van der Waals surface area contributed by atoms with E-state index < -0.39 is 23.7 Å². The molecular formula is C19H25N3O4. The van der Waals surface area contributed by atoms with E-state index >= 15 is 0 Å². The second-order valence-electron chi connectivity index (χ2n) is 7.26. The molecule has 26 heavy (non-hydrogen) atoms. The number of likely N-dealkylation sites (tertiary alicyclic amines) is 1. The fraction of sp³-hybridized carbons (Fsp3) is 0.526. The highest BCUT2D eigenvalue weighted by atomic mass is 16.6. The maximum atomic E-state index is 12.2. The number of nitriles is 1. The summed E-state index contributed by atoms with van der Waals surface area (Å²) in [5.74, 6) is -0.513. The molecule has 1 N–H and O–H groups in total. The Balaban J connectivity index is 1.85. The van der Waals surface area contributed by atoms with Crippen LogP contribution in [0.2, 0.25) is 0 Å². The highest BCUT2D eigenvalue weighted by Gasteiger charge is 2.34. The fourth-order valence-electron chi connectivity index (χ4n) is 2.69. The summed E-state index contributed by atoms with van der Waals surface area (Å²) >= 11 is 0. The Labute approximate surface area is 153 Å². The fourth-order valence-corrected chi connectivity index (χ4v) is 2.69. The lowest BCUT2D eigenvalue weighted by molar-refractivity contribution is 0.0443. The zero-order valence-corrected chi connectivity index (χ0v) is 15.4. The molecule has 0 aromatic heterocycles. The lowest BCUT2D eigenvalue weighted by Crippen LogP contribution is -2.52. The quantitative estimate of drug-likeness (QED) is 0.895. The topological polar surface area (TPSA) is 91.7 Å². The Kier molecular flexibility index (Phi) is 6.45. The van der Waals surface area contributed by atoms with Gasteiger partial charge in [0, 0.05) is 13.1 Å². The molecule has 7 heteroatoms. The van der Waals surface area contributed by atoms with Crippen LogP contribution in [0.15, 0.2) is 30.3 Å². The largest absolute Gasteiger partial charge is 0.445 e. The Morgan fingerprint density at radius 3 is 2.62 bits per heavy atom. The molecule has 0 bridgehead atoms. The van der Waals surface area contributed by atoms with Crippen LogP contribution in [-0.4, -0.2) is 41.8 Å². The number of hydrogen-bond acceptors (Lipinski definition) is 5. The van der Waals surface area contributed by atoms with E-state index in [-0.39, 0.29) is 19.2 Å². The normalized spacial score (nSPS) is 20.0. The molecular weight excluding hydrogens is 334 g/mol. The molecule has 1 heterocycles. The molecule has 2 rings (SSSR count). The first-order valence-electron chi connectivity index (χ1n) is 8.63. The number of carbonyl (C=O) groups excluding carboxylic acids is 2. The molecule has 7 nitrogen and oxygen atoms in total. The van der Waals surface area contributed by atoms with E-state index in [9.17, 15) is 14.9 Å². The third-order valence-electron chi connectivity index (χ3n) is 3.94. The summed E-state index contributed by atoms with van der Waals surface area (Å²) in [5.41, 5.74) is 0.299. The van der Waals surface area contributed by atoms with Gasteiger partial charge in [0.25, 0.3) is 0 Å². The molecule has 0 radical (unpaired) electrons. The van der Waals surface area contributed by atoms with Crippen LogP contribution < -0.4 is 5.32 Å². The Morgan fingerprint density at radius 1 is 1.31 bits per heavy atom. The van der Waals surface area contributed by atoms with Crippen LogP contribution in [0.25, 0.3) is 0 Å². The highest BCUT2D eigenvalue weighted by Crippen LogP contribution is 2.19. The number of amides is 2. The minimum Gasteiger partial charge on any atom is -0.445 e. The van der Waals surface area contributed by atoms with E-state index in [4.69, 9.17) is 9.47 Å². The third kappa shape index (κ3) is 5.96. The van der Waals surface area contributed by atoms with E-state index in [0.29, 0.717) is 13.0 Å². The van der Waals surface area contributed by atoms with Crippen molar-refractivity contribution in [2.24, 2.45) is 5.92 Å². The first-order valence-corrected chi connectivity index (χ1v) is 8.63. The molecule has 1 aliphatic heterocycles. The second kappa shape index (κ2) is 8.56. The van der Waals surface area contributed by atoms with Crippen molar-refractivity contribution >= 4 is 12.2 Å². The summed E-state index contributed by atoms with van der Waals surface area (Å²) < 4.78 is 10.5. The molecule has 1 fully saturated rings. The molecule has 2 amide bonds. The van der Waals surface area contributed by atoms with Gasteiger partial charge in [-0.15, -0.1) is 0 Å². The maximum Gasteiger partial charge on any atom is 0.410 e. The number of alkyl carbamates (subject to hydrolysis) is 1. The van der Waals surface area contributed by atoms with Gasteiger partial charge in [0.05, 0.1) is 18.0 Å². The number of nitrogens with one attached hydrogen (secondary N) is 1. The third-order valence-corrected chi connectivity index (χ3v) is 3.94. The smallest absolute Gasteiger partial charge is 0.410 e. The lowest BCUT2D eigenvalue weighted by Gasteiger charge is -2.35. The molecule has 0 spiro atoms. The molecule has 1 saturated heterocycles. The molecule has 1 aromatic rings. The summed E-state index contributed by atoms with van der Waals surface area (Å²) in [5, 5.41) is 12.1. The zero-order valence-electron chi connectivity index (χ0n) is 15.4. The second-order valence-corrected chi connectivity index (χ2v) is 7.26. The highest BCUT2D eigenvalue weighted by molar-refractivity contribution is 5.69. The van der Waals surface area contributed by atoms with E-state index in [1.54, 1.807) is 20.8 Å². The minimum atomic E-state index is -0.603. The molecule has 0 aliphatic carbocycles. The number of carbonyl (C=O) groups is 2. The SMILES string of the molecule is CC(C)(C)OC(=O)NC1CCN(C(=O)OCc2ccccc2)CC1C#N. The van der Waals surface area contributed by atoms with E-state index in [1.807, 2.05) is 30.3 Å². The van der Waals surface area contributed by atoms with Gasteiger partial charge in [-0.25, -0.2) is 9.59 Å². The van der Waals surface area contributed by atoms with Gasteiger partial charge in [0.1, 0.15) is 12.2 Å². The monoisotopic (exact) mass is 359 g/mol. The van der Waals surface area contributed by atoms with Gasteiger partial charge < -0.3 is 19.7 Å². The number of benzene rings is 1. The van der Waals surface area contributed by atoms with Gasteiger partial charge in [0.2, 0.25) is 0 Å². The summed E-state index contributed by atoms with van der Waals surface area (Å²) in [6, 6.07) is 11.2. The van der Waals surface area contributed by atoms with Crippen LogP contribution in [0.1, 0.15) is 32.8 Å². The molecule has 2 unspecified atom stereocenters. The molecule has 1 aromatic carbocycles. The number of piperidine rings is 1. The molecule has 1 aliphatic rings.